The zero-order valence-corrected chi connectivity index (χ0v) is 20.4. The van der Waals surface area contributed by atoms with Gasteiger partial charge in [0, 0.05) is 12.7 Å². The number of nitrogens with one attached hydrogen (secondary N) is 1. The quantitative estimate of drug-likeness (QED) is 0.212. The molecule has 32 heavy (non-hydrogen) atoms. The number of unbranched alkanes of at least 4 members (excludes halogenated alkanes) is 1. The van der Waals surface area contributed by atoms with Gasteiger partial charge in [-0.2, -0.15) is 0 Å². The minimum atomic E-state index is -0.294. The fourth-order valence-electron chi connectivity index (χ4n) is 3.23. The maximum absolute atomic E-state index is 13.1. The van der Waals surface area contributed by atoms with Crippen LogP contribution in [0.4, 0.5) is 5.82 Å². The van der Waals surface area contributed by atoms with E-state index in [0.717, 1.165) is 25.7 Å². The Kier molecular flexibility index (Phi) is 8.96. The molecule has 0 spiro atoms. The average Bonchev–Trinajstić information content (AvgIpc) is 2.78. The summed E-state index contributed by atoms with van der Waals surface area (Å²) in [5.74, 6) is 0.693. The molecule has 2 aromatic heterocycles. The van der Waals surface area contributed by atoms with Crippen LogP contribution in [0.2, 0.25) is 10.0 Å². The number of anilines is 1. The van der Waals surface area contributed by atoms with E-state index in [-0.39, 0.29) is 28.1 Å². The van der Waals surface area contributed by atoms with Crippen molar-refractivity contribution in [2.24, 2.45) is 5.92 Å². The molecule has 2 heterocycles. The maximum Gasteiger partial charge on any atom is 0.262 e. The van der Waals surface area contributed by atoms with Crippen LogP contribution in [0.3, 0.4) is 0 Å². The summed E-state index contributed by atoms with van der Waals surface area (Å²) < 4.78 is 1.68. The van der Waals surface area contributed by atoms with Crippen molar-refractivity contribution in [1.82, 2.24) is 14.5 Å². The van der Waals surface area contributed by atoms with Gasteiger partial charge in [-0.1, -0.05) is 80.2 Å². The minimum absolute atomic E-state index is 0.0677. The lowest BCUT2D eigenvalue weighted by molar-refractivity contribution is -0.113. The molecule has 0 bridgehead atoms. The predicted molar refractivity (Wildman–Crippen MR) is 133 cm³/mol. The lowest BCUT2D eigenvalue weighted by Crippen LogP contribution is -2.24. The Bertz CT molecular complexity index is 1150. The van der Waals surface area contributed by atoms with Gasteiger partial charge in [0.2, 0.25) is 5.91 Å². The number of halogens is 2. The van der Waals surface area contributed by atoms with E-state index in [1.807, 2.05) is 18.2 Å². The van der Waals surface area contributed by atoms with Crippen molar-refractivity contribution in [3.8, 4) is 0 Å². The number of carbonyl (C=O) groups is 1. The Hall–Kier alpha value is -2.09. The van der Waals surface area contributed by atoms with Crippen molar-refractivity contribution in [3.05, 3.63) is 56.9 Å². The first kappa shape index (κ1) is 24.6. The molecule has 0 aliphatic rings. The second-order valence-electron chi connectivity index (χ2n) is 7.70. The highest BCUT2D eigenvalue weighted by Crippen LogP contribution is 2.24. The number of thioether (sulfide) groups is 1. The van der Waals surface area contributed by atoms with Gasteiger partial charge >= 0.3 is 0 Å². The summed E-state index contributed by atoms with van der Waals surface area (Å²) >= 11 is 13.2. The number of rotatable bonds is 10. The van der Waals surface area contributed by atoms with Crippen LogP contribution in [0.1, 0.15) is 39.5 Å². The first-order valence-corrected chi connectivity index (χ1v) is 12.4. The van der Waals surface area contributed by atoms with Gasteiger partial charge in [-0.3, -0.25) is 14.2 Å². The van der Waals surface area contributed by atoms with Gasteiger partial charge < -0.3 is 5.32 Å². The van der Waals surface area contributed by atoms with E-state index in [2.05, 4.69) is 29.1 Å². The Morgan fingerprint density at radius 1 is 1.25 bits per heavy atom. The molecule has 0 radical (unpaired) electrons. The molecule has 0 saturated heterocycles. The topological polar surface area (TPSA) is 76.9 Å². The number of fused-ring (bicyclic) bond motifs is 1. The standard InChI is InChI=1S/C23H26Cl2N4O2S/c1-3-15(2)8-6-7-11-29-22(31)17-9-4-5-10-19(17)27-23(29)32-14-20(30)28-21-18(25)12-16(24)13-26-21/h4-5,9-10,12-13,15H,3,6-8,11,14H2,1-2H3,(H,26,28,30)/t15-/m1/s1. The van der Waals surface area contributed by atoms with E-state index >= 15 is 0 Å². The zero-order valence-electron chi connectivity index (χ0n) is 18.1. The molecule has 0 fully saturated rings. The van der Waals surface area contributed by atoms with Crippen LogP contribution in [0.5, 0.6) is 0 Å². The Labute approximate surface area is 201 Å². The first-order valence-electron chi connectivity index (χ1n) is 10.6. The molecule has 9 heteroatoms. The van der Waals surface area contributed by atoms with Crippen LogP contribution in [0, 0.1) is 5.92 Å². The number of hydrogen-bond donors (Lipinski definition) is 1. The zero-order chi connectivity index (χ0) is 23.1. The van der Waals surface area contributed by atoms with E-state index < -0.39 is 0 Å². The van der Waals surface area contributed by atoms with Crippen LogP contribution >= 0.6 is 35.0 Å². The van der Waals surface area contributed by atoms with Gasteiger partial charge in [0.25, 0.3) is 5.56 Å². The summed E-state index contributed by atoms with van der Waals surface area (Å²) in [6.45, 7) is 5.00. The monoisotopic (exact) mass is 492 g/mol. The van der Waals surface area contributed by atoms with Crippen LogP contribution in [-0.2, 0) is 11.3 Å². The third-order valence-electron chi connectivity index (χ3n) is 5.25. The number of carbonyl (C=O) groups excluding carboxylic acids is 1. The van der Waals surface area contributed by atoms with E-state index in [9.17, 15) is 9.59 Å². The van der Waals surface area contributed by atoms with Gasteiger partial charge in [0.1, 0.15) is 0 Å². The van der Waals surface area contributed by atoms with Crippen LogP contribution in [0.25, 0.3) is 10.9 Å². The molecular weight excluding hydrogens is 467 g/mol. The van der Waals surface area contributed by atoms with E-state index in [4.69, 9.17) is 23.2 Å². The molecule has 0 unspecified atom stereocenters. The SMILES string of the molecule is CC[C@@H](C)CCCCn1c(SCC(=O)Nc2ncc(Cl)cc2Cl)nc2ccccc2c1=O. The normalized spacial score (nSPS) is 12.1. The highest BCUT2D eigenvalue weighted by Gasteiger charge is 2.14. The molecule has 1 aromatic carbocycles. The van der Waals surface area contributed by atoms with Gasteiger partial charge in [0.05, 0.1) is 26.7 Å². The molecule has 1 N–H and O–H groups in total. The number of aromatic nitrogens is 3. The number of para-hydroxylation sites is 1. The third kappa shape index (κ3) is 6.47. The Morgan fingerprint density at radius 2 is 2.03 bits per heavy atom. The van der Waals surface area contributed by atoms with Crippen molar-refractivity contribution >= 4 is 57.6 Å². The van der Waals surface area contributed by atoms with Crippen molar-refractivity contribution < 1.29 is 4.79 Å². The van der Waals surface area contributed by atoms with Crippen molar-refractivity contribution in [3.63, 3.8) is 0 Å². The number of pyridine rings is 1. The summed E-state index contributed by atoms with van der Waals surface area (Å²) in [4.78, 5) is 34.3. The van der Waals surface area contributed by atoms with Crippen LogP contribution < -0.4 is 10.9 Å². The highest BCUT2D eigenvalue weighted by atomic mass is 35.5. The lowest BCUT2D eigenvalue weighted by Gasteiger charge is -2.14. The van der Waals surface area contributed by atoms with Gasteiger partial charge in [-0.15, -0.1) is 0 Å². The van der Waals surface area contributed by atoms with Crippen molar-refractivity contribution in [1.29, 1.82) is 0 Å². The fourth-order valence-corrected chi connectivity index (χ4v) is 4.48. The molecule has 170 valence electrons. The number of hydrogen-bond acceptors (Lipinski definition) is 5. The summed E-state index contributed by atoms with van der Waals surface area (Å²) in [5, 5.41) is 4.44. The summed E-state index contributed by atoms with van der Waals surface area (Å²) in [5.41, 5.74) is 0.545. The van der Waals surface area contributed by atoms with Crippen LogP contribution in [0.15, 0.2) is 46.5 Å². The van der Waals surface area contributed by atoms with Crippen molar-refractivity contribution in [2.75, 3.05) is 11.1 Å². The molecule has 0 saturated carbocycles. The smallest absolute Gasteiger partial charge is 0.262 e. The fraction of sp³-hybridized carbons (Fsp3) is 0.391. The second kappa shape index (κ2) is 11.7. The molecule has 6 nitrogen and oxygen atoms in total. The summed E-state index contributed by atoms with van der Waals surface area (Å²) in [7, 11) is 0. The van der Waals surface area contributed by atoms with Crippen LogP contribution in [-0.4, -0.2) is 26.2 Å². The van der Waals surface area contributed by atoms with Gasteiger partial charge in [0.15, 0.2) is 11.0 Å². The Balaban J connectivity index is 1.74. The molecule has 3 rings (SSSR count). The third-order valence-corrected chi connectivity index (χ3v) is 6.72. The maximum atomic E-state index is 13.1. The van der Waals surface area contributed by atoms with Gasteiger partial charge in [-0.05, 0) is 30.5 Å². The van der Waals surface area contributed by atoms with Gasteiger partial charge in [-0.25, -0.2) is 9.97 Å². The number of nitrogens with zero attached hydrogens (tertiary/aromatic N) is 3. The lowest BCUT2D eigenvalue weighted by atomic mass is 10.0. The highest BCUT2D eigenvalue weighted by molar-refractivity contribution is 7.99. The number of benzene rings is 1. The molecule has 3 aromatic rings. The van der Waals surface area contributed by atoms with E-state index in [0.29, 0.717) is 33.5 Å². The summed E-state index contributed by atoms with van der Waals surface area (Å²) in [6, 6.07) is 8.80. The van der Waals surface area contributed by atoms with Crippen molar-refractivity contribution in [2.45, 2.75) is 51.2 Å². The molecule has 0 aliphatic heterocycles. The number of amides is 1. The largest absolute Gasteiger partial charge is 0.309 e. The molecule has 0 aliphatic carbocycles. The predicted octanol–water partition coefficient (Wildman–Crippen LogP) is 6.05. The summed E-state index contributed by atoms with van der Waals surface area (Å²) in [6.07, 6.45) is 5.62. The molecule has 1 atom stereocenters. The Morgan fingerprint density at radius 3 is 2.78 bits per heavy atom. The molecule has 1 amide bonds. The minimum Gasteiger partial charge on any atom is -0.309 e. The van der Waals surface area contributed by atoms with E-state index in [1.165, 1.54) is 24.0 Å². The molecular formula is C23H26Cl2N4O2S. The first-order chi connectivity index (χ1) is 15.4. The average molecular weight is 493 g/mol. The van der Waals surface area contributed by atoms with E-state index in [1.54, 1.807) is 10.6 Å². The second-order valence-corrected chi connectivity index (χ2v) is 9.48.